The number of hydrogen-bond acceptors (Lipinski definition) is 3. The highest BCUT2D eigenvalue weighted by Crippen LogP contribution is 2.20. The lowest BCUT2D eigenvalue weighted by atomic mass is 10.0. The number of aliphatic carboxylic acids is 1. The Labute approximate surface area is 326 Å². The third-order valence-corrected chi connectivity index (χ3v) is 11.3. The van der Waals surface area contributed by atoms with E-state index >= 15 is 0 Å². The van der Waals surface area contributed by atoms with Crippen LogP contribution in [0.15, 0.2) is 0 Å². The zero-order valence-electron chi connectivity index (χ0n) is 35.7. The molecule has 0 aromatic heterocycles. The van der Waals surface area contributed by atoms with Crippen LogP contribution in [-0.4, -0.2) is 23.1 Å². The number of carbonyl (C=O) groups is 2. The second-order valence-corrected chi connectivity index (χ2v) is 16.7. The summed E-state index contributed by atoms with van der Waals surface area (Å²) in [7, 11) is 0. The number of ether oxygens (including phenoxy) is 1. The zero-order chi connectivity index (χ0) is 37.8. The van der Waals surface area contributed by atoms with Gasteiger partial charge in [-0.05, 0) is 38.5 Å². The molecule has 1 N–H and O–H groups in total. The molecule has 0 aliphatic heterocycles. The molecule has 0 rings (SSSR count). The summed E-state index contributed by atoms with van der Waals surface area (Å²) >= 11 is 0. The molecule has 0 amide bonds. The van der Waals surface area contributed by atoms with Gasteiger partial charge in [0.1, 0.15) is 6.10 Å². The fourth-order valence-electron chi connectivity index (χ4n) is 7.78. The molecule has 0 bridgehead atoms. The van der Waals surface area contributed by atoms with Crippen LogP contribution in [0, 0.1) is 0 Å². The van der Waals surface area contributed by atoms with Crippen molar-refractivity contribution in [3.05, 3.63) is 0 Å². The van der Waals surface area contributed by atoms with Crippen molar-refractivity contribution in [3.8, 4) is 0 Å². The van der Waals surface area contributed by atoms with Gasteiger partial charge in [0.05, 0.1) is 0 Å². The molecular weight excluding hydrogens is 641 g/mol. The van der Waals surface area contributed by atoms with E-state index in [4.69, 9.17) is 9.84 Å². The van der Waals surface area contributed by atoms with Crippen molar-refractivity contribution in [1.82, 2.24) is 0 Å². The minimum atomic E-state index is -0.704. The van der Waals surface area contributed by atoms with Crippen LogP contribution in [0.3, 0.4) is 0 Å². The fraction of sp³-hybridized carbons (Fsp3) is 0.958. The summed E-state index contributed by atoms with van der Waals surface area (Å²) in [4.78, 5) is 23.5. The van der Waals surface area contributed by atoms with Crippen LogP contribution in [0.25, 0.3) is 0 Å². The molecule has 0 aliphatic carbocycles. The molecule has 0 radical (unpaired) electrons. The van der Waals surface area contributed by atoms with Gasteiger partial charge < -0.3 is 9.84 Å². The molecule has 4 nitrogen and oxygen atoms in total. The van der Waals surface area contributed by atoms with Gasteiger partial charge in [-0.25, -0.2) is 0 Å². The molecule has 0 saturated heterocycles. The second kappa shape index (κ2) is 44.3. The largest absolute Gasteiger partial charge is 0.481 e. The Hall–Kier alpha value is -1.06. The first-order valence-electron chi connectivity index (χ1n) is 24.0. The van der Waals surface area contributed by atoms with E-state index in [-0.39, 0.29) is 18.5 Å². The van der Waals surface area contributed by atoms with E-state index in [1.54, 1.807) is 0 Å². The summed E-state index contributed by atoms with van der Waals surface area (Å²) in [5.74, 6) is -0.705. The van der Waals surface area contributed by atoms with Crippen molar-refractivity contribution in [3.63, 3.8) is 0 Å². The van der Waals surface area contributed by atoms with Gasteiger partial charge in [0, 0.05) is 12.8 Å². The van der Waals surface area contributed by atoms with E-state index in [0.29, 0.717) is 6.42 Å². The highest BCUT2D eigenvalue weighted by molar-refractivity contribution is 5.69. The number of unbranched alkanes of at least 4 members (excludes halogenated alkanes) is 36. The topological polar surface area (TPSA) is 63.6 Å². The zero-order valence-corrected chi connectivity index (χ0v) is 35.7. The summed E-state index contributed by atoms with van der Waals surface area (Å²) < 4.78 is 6.02. The lowest BCUT2D eigenvalue weighted by molar-refractivity contribution is -0.150. The average Bonchev–Trinajstić information content (AvgIpc) is 3.13. The van der Waals surface area contributed by atoms with E-state index in [1.165, 1.54) is 205 Å². The van der Waals surface area contributed by atoms with Gasteiger partial charge in [-0.1, -0.05) is 239 Å². The van der Waals surface area contributed by atoms with E-state index in [2.05, 4.69) is 13.8 Å². The maximum absolute atomic E-state index is 12.7. The minimum absolute atomic E-state index is 0.000884. The molecule has 1 atom stereocenters. The average molecular weight is 735 g/mol. The Kier molecular flexibility index (Phi) is 43.4. The molecule has 0 aliphatic rings. The Balaban J connectivity index is 3.82. The van der Waals surface area contributed by atoms with Crippen LogP contribution in [0.4, 0.5) is 0 Å². The number of esters is 1. The van der Waals surface area contributed by atoms with Gasteiger partial charge in [0.2, 0.25) is 0 Å². The molecule has 0 aromatic carbocycles. The van der Waals surface area contributed by atoms with Crippen molar-refractivity contribution in [2.24, 2.45) is 0 Å². The van der Waals surface area contributed by atoms with E-state index in [9.17, 15) is 9.59 Å². The van der Waals surface area contributed by atoms with Gasteiger partial charge in [-0.3, -0.25) is 9.59 Å². The summed E-state index contributed by atoms with van der Waals surface area (Å²) in [6, 6.07) is 0. The predicted octanol–water partition coefficient (Wildman–Crippen LogP) is 16.8. The predicted molar refractivity (Wildman–Crippen MR) is 227 cm³/mol. The van der Waals surface area contributed by atoms with Crippen LogP contribution in [0.2, 0.25) is 0 Å². The van der Waals surface area contributed by atoms with Gasteiger partial charge in [0.15, 0.2) is 0 Å². The SMILES string of the molecule is CCCCCCCCCCCCCCCCCCCCCCCC(=O)OC(CCCCCCCCCCCCCCCC)CCCCCCC(=O)O. The third kappa shape index (κ3) is 43.3. The summed E-state index contributed by atoms with van der Waals surface area (Å²) in [6.45, 7) is 4.58. The number of rotatable bonds is 45. The van der Waals surface area contributed by atoms with Crippen LogP contribution in [0.5, 0.6) is 0 Å². The van der Waals surface area contributed by atoms with Crippen molar-refractivity contribution in [2.75, 3.05) is 0 Å². The van der Waals surface area contributed by atoms with Gasteiger partial charge in [-0.15, -0.1) is 0 Å². The molecule has 0 heterocycles. The number of carboxylic acids is 1. The molecule has 1 unspecified atom stereocenters. The lowest BCUT2D eigenvalue weighted by Gasteiger charge is -2.18. The molecule has 310 valence electrons. The first kappa shape index (κ1) is 50.9. The standard InChI is InChI=1S/C48H94O4/c1-3-5-7-9-11-13-15-17-19-20-21-22-23-24-25-27-29-31-33-35-41-45-48(51)52-46(43-39-36-37-40-44-47(49)50)42-38-34-32-30-28-26-18-16-14-12-10-8-6-4-2/h46H,3-45H2,1-2H3,(H,49,50). The van der Waals surface area contributed by atoms with Crippen molar-refractivity contribution < 1.29 is 19.4 Å². The van der Waals surface area contributed by atoms with Gasteiger partial charge in [0.25, 0.3) is 0 Å². The Morgan fingerprint density at radius 1 is 0.346 bits per heavy atom. The normalized spacial score (nSPS) is 12.0. The molecular formula is C48H94O4. The van der Waals surface area contributed by atoms with Gasteiger partial charge >= 0.3 is 11.9 Å². The molecule has 4 heteroatoms. The lowest BCUT2D eigenvalue weighted by Crippen LogP contribution is -2.18. The highest BCUT2D eigenvalue weighted by Gasteiger charge is 2.14. The van der Waals surface area contributed by atoms with E-state index in [1.807, 2.05) is 0 Å². The fourth-order valence-corrected chi connectivity index (χ4v) is 7.78. The maximum Gasteiger partial charge on any atom is 0.306 e. The molecule has 0 aromatic rings. The smallest absolute Gasteiger partial charge is 0.306 e. The number of hydrogen-bond donors (Lipinski definition) is 1. The maximum atomic E-state index is 12.7. The molecule has 0 fully saturated rings. The van der Waals surface area contributed by atoms with Crippen LogP contribution in [0.1, 0.15) is 290 Å². The minimum Gasteiger partial charge on any atom is -0.481 e. The van der Waals surface area contributed by atoms with E-state index < -0.39 is 5.97 Å². The number of carbonyl (C=O) groups excluding carboxylic acids is 1. The van der Waals surface area contributed by atoms with Crippen LogP contribution < -0.4 is 0 Å². The third-order valence-electron chi connectivity index (χ3n) is 11.3. The first-order valence-corrected chi connectivity index (χ1v) is 24.0. The second-order valence-electron chi connectivity index (χ2n) is 16.7. The highest BCUT2D eigenvalue weighted by atomic mass is 16.5. The molecule has 52 heavy (non-hydrogen) atoms. The summed E-state index contributed by atoms with van der Waals surface area (Å²) in [5.41, 5.74) is 0. The quantitative estimate of drug-likeness (QED) is 0.0500. The Bertz CT molecular complexity index is 706. The summed E-state index contributed by atoms with van der Waals surface area (Å²) in [5, 5.41) is 8.89. The molecule has 0 saturated carbocycles. The Morgan fingerprint density at radius 3 is 0.846 bits per heavy atom. The molecule has 0 spiro atoms. The van der Waals surface area contributed by atoms with Crippen LogP contribution >= 0.6 is 0 Å². The summed E-state index contributed by atoms with van der Waals surface area (Å²) in [6.07, 6.45) is 54.4. The van der Waals surface area contributed by atoms with Crippen molar-refractivity contribution in [2.45, 2.75) is 296 Å². The van der Waals surface area contributed by atoms with Gasteiger partial charge in [-0.2, -0.15) is 0 Å². The van der Waals surface area contributed by atoms with Crippen LogP contribution in [-0.2, 0) is 14.3 Å². The van der Waals surface area contributed by atoms with E-state index in [0.717, 1.165) is 57.8 Å². The first-order chi connectivity index (χ1) is 25.6. The van der Waals surface area contributed by atoms with Crippen molar-refractivity contribution >= 4 is 11.9 Å². The Morgan fingerprint density at radius 2 is 0.577 bits per heavy atom. The van der Waals surface area contributed by atoms with Crippen molar-refractivity contribution in [1.29, 1.82) is 0 Å². The number of carboxylic acid groups (broad SMARTS) is 1. The monoisotopic (exact) mass is 735 g/mol.